The average molecular weight is 208 g/mol. The Bertz CT molecular complexity index is 325. The molecule has 1 fully saturated rings. The predicted molar refractivity (Wildman–Crippen MR) is 60.8 cm³/mol. The molecule has 0 spiro atoms. The smallest absolute Gasteiger partial charge is 0.0597 e. The molecule has 1 aliphatic rings. The van der Waals surface area contributed by atoms with Gasteiger partial charge in [0, 0.05) is 39.3 Å². The molecule has 0 aliphatic carbocycles. The van der Waals surface area contributed by atoms with E-state index >= 15 is 0 Å². The van der Waals surface area contributed by atoms with Crippen LogP contribution in [0.3, 0.4) is 0 Å². The third-order valence-electron chi connectivity index (χ3n) is 3.17. The summed E-state index contributed by atoms with van der Waals surface area (Å²) in [5, 5.41) is 7.78. The largest absolute Gasteiger partial charge is 0.314 e. The van der Waals surface area contributed by atoms with Crippen LogP contribution in [0.2, 0.25) is 0 Å². The molecule has 1 saturated heterocycles. The van der Waals surface area contributed by atoms with E-state index in [9.17, 15) is 0 Å². The monoisotopic (exact) mass is 208 g/mol. The molecule has 0 aromatic carbocycles. The zero-order chi connectivity index (χ0) is 10.8. The average Bonchev–Trinajstić information content (AvgIpc) is 2.58. The van der Waals surface area contributed by atoms with E-state index in [4.69, 9.17) is 0 Å². The number of piperazine rings is 1. The molecule has 4 nitrogen and oxygen atoms in total. The Morgan fingerprint density at radius 1 is 1.40 bits per heavy atom. The normalized spacial score (nSPS) is 20.5. The molecular weight excluding hydrogens is 188 g/mol. The predicted octanol–water partition coefficient (Wildman–Crippen LogP) is 0.695. The maximum absolute atomic E-state index is 4.40. The van der Waals surface area contributed by atoms with Crippen LogP contribution in [0, 0.1) is 6.92 Å². The summed E-state index contributed by atoms with van der Waals surface area (Å²) in [7, 11) is 2.03. The van der Waals surface area contributed by atoms with Gasteiger partial charge in [-0.2, -0.15) is 5.10 Å². The van der Waals surface area contributed by atoms with E-state index < -0.39 is 0 Å². The van der Waals surface area contributed by atoms with Gasteiger partial charge in [0.05, 0.1) is 11.4 Å². The molecule has 0 saturated carbocycles. The first kappa shape index (κ1) is 10.6. The van der Waals surface area contributed by atoms with Gasteiger partial charge in [0.2, 0.25) is 0 Å². The second-order valence-corrected chi connectivity index (χ2v) is 4.30. The second kappa shape index (κ2) is 4.33. The van der Waals surface area contributed by atoms with Crippen LogP contribution in [0.1, 0.15) is 24.4 Å². The highest BCUT2D eigenvalue weighted by Crippen LogP contribution is 2.20. The van der Waals surface area contributed by atoms with Gasteiger partial charge in [-0.3, -0.25) is 9.58 Å². The van der Waals surface area contributed by atoms with Crippen molar-refractivity contribution in [3.63, 3.8) is 0 Å². The fourth-order valence-corrected chi connectivity index (χ4v) is 2.28. The van der Waals surface area contributed by atoms with Crippen molar-refractivity contribution >= 4 is 0 Å². The summed E-state index contributed by atoms with van der Waals surface area (Å²) in [6.07, 6.45) is 0. The van der Waals surface area contributed by atoms with E-state index in [1.54, 1.807) is 0 Å². The van der Waals surface area contributed by atoms with Crippen LogP contribution in [0.15, 0.2) is 6.07 Å². The fraction of sp³-hybridized carbons (Fsp3) is 0.727. The van der Waals surface area contributed by atoms with Crippen molar-refractivity contribution in [1.29, 1.82) is 0 Å². The lowest BCUT2D eigenvalue weighted by molar-refractivity contribution is 0.179. The number of aromatic nitrogens is 2. The summed E-state index contributed by atoms with van der Waals surface area (Å²) in [5.41, 5.74) is 2.42. The minimum Gasteiger partial charge on any atom is -0.314 e. The van der Waals surface area contributed by atoms with Crippen molar-refractivity contribution < 1.29 is 0 Å². The van der Waals surface area contributed by atoms with Gasteiger partial charge in [-0.25, -0.2) is 0 Å². The van der Waals surface area contributed by atoms with Crippen molar-refractivity contribution in [1.82, 2.24) is 20.0 Å². The van der Waals surface area contributed by atoms with Crippen molar-refractivity contribution in [3.8, 4) is 0 Å². The highest BCUT2D eigenvalue weighted by Gasteiger charge is 2.20. The van der Waals surface area contributed by atoms with Crippen LogP contribution in [-0.2, 0) is 7.05 Å². The number of aryl methyl sites for hydroxylation is 2. The van der Waals surface area contributed by atoms with Gasteiger partial charge in [-0.1, -0.05) is 0 Å². The van der Waals surface area contributed by atoms with Crippen LogP contribution < -0.4 is 5.32 Å². The van der Waals surface area contributed by atoms with Gasteiger partial charge in [0.25, 0.3) is 0 Å². The standard InChI is InChI=1S/C11H20N4/c1-9-8-11(14(3)13-9)10(2)15-6-4-12-5-7-15/h8,10,12H,4-7H2,1-3H3. The van der Waals surface area contributed by atoms with Gasteiger partial charge in [-0.15, -0.1) is 0 Å². The zero-order valence-corrected chi connectivity index (χ0v) is 9.82. The lowest BCUT2D eigenvalue weighted by Crippen LogP contribution is -2.44. The molecule has 4 heteroatoms. The highest BCUT2D eigenvalue weighted by atomic mass is 15.3. The van der Waals surface area contributed by atoms with E-state index in [2.05, 4.69) is 28.3 Å². The third kappa shape index (κ3) is 2.21. The lowest BCUT2D eigenvalue weighted by Gasteiger charge is -2.32. The molecule has 0 bridgehead atoms. The minimum absolute atomic E-state index is 0.471. The summed E-state index contributed by atoms with van der Waals surface area (Å²) >= 11 is 0. The van der Waals surface area contributed by atoms with Gasteiger partial charge in [0.15, 0.2) is 0 Å². The van der Waals surface area contributed by atoms with Gasteiger partial charge in [-0.05, 0) is 19.9 Å². The van der Waals surface area contributed by atoms with Crippen LogP contribution in [-0.4, -0.2) is 40.9 Å². The topological polar surface area (TPSA) is 33.1 Å². The molecule has 1 N–H and O–H groups in total. The molecule has 1 aliphatic heterocycles. The summed E-state index contributed by atoms with van der Waals surface area (Å²) in [6.45, 7) is 8.77. The van der Waals surface area contributed by atoms with Crippen LogP contribution in [0.5, 0.6) is 0 Å². The van der Waals surface area contributed by atoms with Gasteiger partial charge >= 0.3 is 0 Å². The van der Waals surface area contributed by atoms with Crippen LogP contribution in [0.4, 0.5) is 0 Å². The Hall–Kier alpha value is -0.870. The first-order valence-electron chi connectivity index (χ1n) is 5.64. The summed E-state index contributed by atoms with van der Waals surface area (Å²) in [4.78, 5) is 2.51. The summed E-state index contributed by atoms with van der Waals surface area (Å²) in [6, 6.07) is 2.66. The first-order valence-corrected chi connectivity index (χ1v) is 5.64. The lowest BCUT2D eigenvalue weighted by atomic mass is 10.1. The van der Waals surface area contributed by atoms with E-state index in [0.717, 1.165) is 31.9 Å². The summed E-state index contributed by atoms with van der Waals surface area (Å²) < 4.78 is 2.00. The number of hydrogen-bond donors (Lipinski definition) is 1. The SMILES string of the molecule is Cc1cc(C(C)N2CCNCC2)n(C)n1. The van der Waals surface area contributed by atoms with E-state index in [-0.39, 0.29) is 0 Å². The molecule has 15 heavy (non-hydrogen) atoms. The van der Waals surface area contributed by atoms with Gasteiger partial charge < -0.3 is 5.32 Å². The highest BCUT2D eigenvalue weighted by molar-refractivity contribution is 5.12. The molecule has 1 aromatic rings. The first-order chi connectivity index (χ1) is 7.18. The second-order valence-electron chi connectivity index (χ2n) is 4.30. The Labute approximate surface area is 91.3 Å². The van der Waals surface area contributed by atoms with Crippen molar-refractivity contribution in [3.05, 3.63) is 17.5 Å². The molecule has 1 aromatic heterocycles. The van der Waals surface area contributed by atoms with Gasteiger partial charge in [0.1, 0.15) is 0 Å². The van der Waals surface area contributed by atoms with E-state index in [1.165, 1.54) is 5.69 Å². The van der Waals surface area contributed by atoms with E-state index in [1.807, 2.05) is 18.7 Å². The molecule has 1 unspecified atom stereocenters. The van der Waals surface area contributed by atoms with Crippen molar-refractivity contribution in [2.24, 2.45) is 7.05 Å². The molecule has 2 heterocycles. The molecule has 84 valence electrons. The van der Waals surface area contributed by atoms with Crippen molar-refractivity contribution in [2.75, 3.05) is 26.2 Å². The number of nitrogens with one attached hydrogen (secondary N) is 1. The Morgan fingerprint density at radius 2 is 2.07 bits per heavy atom. The number of hydrogen-bond acceptors (Lipinski definition) is 3. The third-order valence-corrected chi connectivity index (χ3v) is 3.17. The maximum Gasteiger partial charge on any atom is 0.0597 e. The number of rotatable bonds is 2. The quantitative estimate of drug-likeness (QED) is 0.776. The van der Waals surface area contributed by atoms with Crippen LogP contribution in [0.25, 0.3) is 0 Å². The zero-order valence-electron chi connectivity index (χ0n) is 9.82. The Kier molecular flexibility index (Phi) is 3.07. The minimum atomic E-state index is 0.471. The molecular formula is C11H20N4. The maximum atomic E-state index is 4.40. The Morgan fingerprint density at radius 3 is 2.60 bits per heavy atom. The van der Waals surface area contributed by atoms with Crippen LogP contribution >= 0.6 is 0 Å². The number of nitrogens with zero attached hydrogens (tertiary/aromatic N) is 3. The fourth-order valence-electron chi connectivity index (χ4n) is 2.28. The molecule has 0 radical (unpaired) electrons. The van der Waals surface area contributed by atoms with E-state index in [0.29, 0.717) is 6.04 Å². The summed E-state index contributed by atoms with van der Waals surface area (Å²) in [5.74, 6) is 0. The molecule has 0 amide bonds. The molecule has 2 rings (SSSR count). The van der Waals surface area contributed by atoms with Crippen molar-refractivity contribution in [2.45, 2.75) is 19.9 Å². The Balaban J connectivity index is 2.12. The molecule has 1 atom stereocenters.